The van der Waals surface area contributed by atoms with E-state index in [4.69, 9.17) is 0 Å². The number of aromatic nitrogens is 2. The van der Waals surface area contributed by atoms with Gasteiger partial charge in [-0.25, -0.2) is 9.97 Å². The van der Waals surface area contributed by atoms with Crippen LogP contribution in [0.25, 0.3) is 0 Å². The van der Waals surface area contributed by atoms with Crippen molar-refractivity contribution < 1.29 is 14.7 Å². The first-order valence-corrected chi connectivity index (χ1v) is 10.2. The van der Waals surface area contributed by atoms with Crippen LogP contribution in [0.4, 0.5) is 5.69 Å². The predicted molar refractivity (Wildman–Crippen MR) is 110 cm³/mol. The Kier molecular flexibility index (Phi) is 7.30. The smallest absolute Gasteiger partial charge is 0.313 e. The number of aryl methyl sites for hydroxylation is 1. The molecule has 1 aliphatic carbocycles. The number of hydrogen-bond acceptors (Lipinski definition) is 5. The highest BCUT2D eigenvalue weighted by Crippen LogP contribution is 2.30. The molecule has 29 heavy (non-hydrogen) atoms. The van der Waals surface area contributed by atoms with Gasteiger partial charge in [0, 0.05) is 5.92 Å². The number of carbonyl (C=O) groups is 2. The number of aliphatic hydroxyl groups is 1. The molecule has 0 spiro atoms. The Labute approximate surface area is 171 Å². The maximum atomic E-state index is 12.2. The van der Waals surface area contributed by atoms with Crippen molar-refractivity contribution in [1.82, 2.24) is 15.3 Å². The first-order chi connectivity index (χ1) is 14.0. The molecule has 2 aromatic rings. The van der Waals surface area contributed by atoms with Crippen LogP contribution in [-0.4, -0.2) is 39.5 Å². The van der Waals surface area contributed by atoms with Crippen LogP contribution >= 0.6 is 0 Å². The Morgan fingerprint density at radius 3 is 2.34 bits per heavy atom. The van der Waals surface area contributed by atoms with Gasteiger partial charge in [-0.3, -0.25) is 9.59 Å². The predicted octanol–water partition coefficient (Wildman–Crippen LogP) is 2.49. The summed E-state index contributed by atoms with van der Waals surface area (Å²) in [6, 6.07) is 7.27. The van der Waals surface area contributed by atoms with Gasteiger partial charge >= 0.3 is 11.8 Å². The second kappa shape index (κ2) is 10.1. The molecule has 3 rings (SSSR count). The fourth-order valence-corrected chi connectivity index (χ4v) is 3.58. The Balaban J connectivity index is 1.52. The molecule has 1 heterocycles. The van der Waals surface area contributed by atoms with E-state index in [1.165, 1.54) is 31.7 Å². The standard InChI is InChI=1S/C22H28N4O3/c1-15-7-9-16(10-8-15)11-18(14-27)25-21(28)22(29)26-19-12-23-20(24-13-19)17-5-3-2-4-6-17/h7-10,12-13,17-18,27H,2-6,11,14H2,1H3,(H,25,28)(H,26,29). The van der Waals surface area contributed by atoms with Crippen LogP contribution in [0.1, 0.15) is 55.0 Å². The average molecular weight is 396 g/mol. The van der Waals surface area contributed by atoms with Crippen molar-refractivity contribution in [2.24, 2.45) is 0 Å². The topological polar surface area (TPSA) is 104 Å². The van der Waals surface area contributed by atoms with E-state index < -0.39 is 17.9 Å². The monoisotopic (exact) mass is 396 g/mol. The third kappa shape index (κ3) is 6.09. The summed E-state index contributed by atoms with van der Waals surface area (Å²) in [4.78, 5) is 33.1. The van der Waals surface area contributed by atoms with Crippen LogP contribution < -0.4 is 10.6 Å². The normalized spacial score (nSPS) is 15.5. The van der Waals surface area contributed by atoms with Gasteiger partial charge in [0.05, 0.1) is 30.7 Å². The largest absolute Gasteiger partial charge is 0.394 e. The molecule has 1 aromatic carbocycles. The van der Waals surface area contributed by atoms with Crippen molar-refractivity contribution in [1.29, 1.82) is 0 Å². The van der Waals surface area contributed by atoms with Crippen molar-refractivity contribution >= 4 is 17.5 Å². The van der Waals surface area contributed by atoms with E-state index in [9.17, 15) is 14.7 Å². The number of anilines is 1. The molecule has 1 fully saturated rings. The van der Waals surface area contributed by atoms with Crippen LogP contribution in [0, 0.1) is 6.92 Å². The lowest BCUT2D eigenvalue weighted by Crippen LogP contribution is -2.44. The molecule has 0 radical (unpaired) electrons. The number of nitrogens with one attached hydrogen (secondary N) is 2. The van der Waals surface area contributed by atoms with Crippen LogP contribution in [0.15, 0.2) is 36.7 Å². The Morgan fingerprint density at radius 1 is 1.07 bits per heavy atom. The third-order valence-corrected chi connectivity index (χ3v) is 5.26. The summed E-state index contributed by atoms with van der Waals surface area (Å²) in [5.41, 5.74) is 2.49. The number of nitrogens with zero attached hydrogens (tertiary/aromatic N) is 2. The summed E-state index contributed by atoms with van der Waals surface area (Å²) in [5.74, 6) is -0.427. The summed E-state index contributed by atoms with van der Waals surface area (Å²) in [6.07, 6.45) is 9.36. The van der Waals surface area contributed by atoms with Gasteiger partial charge in [0.2, 0.25) is 0 Å². The zero-order valence-corrected chi connectivity index (χ0v) is 16.7. The number of aliphatic hydroxyl groups excluding tert-OH is 1. The van der Waals surface area contributed by atoms with Gasteiger partial charge in [-0.15, -0.1) is 0 Å². The van der Waals surface area contributed by atoms with Crippen LogP contribution in [0.2, 0.25) is 0 Å². The van der Waals surface area contributed by atoms with Crippen LogP contribution in [-0.2, 0) is 16.0 Å². The third-order valence-electron chi connectivity index (χ3n) is 5.26. The van der Waals surface area contributed by atoms with Gasteiger partial charge in [0.25, 0.3) is 0 Å². The first kappa shape index (κ1) is 20.9. The van der Waals surface area contributed by atoms with Crippen molar-refractivity contribution in [3.05, 3.63) is 53.6 Å². The number of carbonyl (C=O) groups excluding carboxylic acids is 2. The van der Waals surface area contributed by atoms with E-state index in [-0.39, 0.29) is 6.61 Å². The molecular formula is C22H28N4O3. The molecule has 1 saturated carbocycles. The molecule has 1 aromatic heterocycles. The lowest BCUT2D eigenvalue weighted by molar-refractivity contribution is -0.136. The summed E-state index contributed by atoms with van der Waals surface area (Å²) < 4.78 is 0. The molecule has 1 unspecified atom stereocenters. The molecule has 1 atom stereocenters. The van der Waals surface area contributed by atoms with Gasteiger partial charge in [-0.1, -0.05) is 49.1 Å². The summed E-state index contributed by atoms with van der Waals surface area (Å²) in [5, 5.41) is 14.6. The van der Waals surface area contributed by atoms with Gasteiger partial charge in [-0.05, 0) is 31.7 Å². The SMILES string of the molecule is Cc1ccc(CC(CO)NC(=O)C(=O)Nc2cnc(C3CCCCC3)nc2)cc1. The van der Waals surface area contributed by atoms with Gasteiger partial charge < -0.3 is 15.7 Å². The lowest BCUT2D eigenvalue weighted by atomic mass is 9.89. The Bertz CT molecular complexity index is 815. The van der Waals surface area contributed by atoms with E-state index in [0.717, 1.165) is 29.8 Å². The van der Waals surface area contributed by atoms with E-state index in [1.807, 2.05) is 31.2 Å². The average Bonchev–Trinajstić information content (AvgIpc) is 2.75. The summed E-state index contributed by atoms with van der Waals surface area (Å²) in [7, 11) is 0. The molecule has 0 bridgehead atoms. The number of hydrogen-bond donors (Lipinski definition) is 3. The molecule has 154 valence electrons. The van der Waals surface area contributed by atoms with Crippen molar-refractivity contribution in [3.8, 4) is 0 Å². The molecule has 2 amide bonds. The van der Waals surface area contributed by atoms with Crippen molar-refractivity contribution in [2.45, 2.75) is 57.4 Å². The Hall–Kier alpha value is -2.80. The minimum atomic E-state index is -0.804. The zero-order chi connectivity index (χ0) is 20.6. The van der Waals surface area contributed by atoms with Gasteiger partial charge in [0.15, 0.2) is 0 Å². The van der Waals surface area contributed by atoms with Gasteiger partial charge in [-0.2, -0.15) is 0 Å². The molecule has 0 saturated heterocycles. The second-order valence-corrected chi connectivity index (χ2v) is 7.66. The first-order valence-electron chi connectivity index (χ1n) is 10.2. The molecule has 1 aliphatic rings. The minimum absolute atomic E-state index is 0.258. The van der Waals surface area contributed by atoms with Crippen LogP contribution in [0.3, 0.4) is 0 Å². The highest BCUT2D eigenvalue weighted by Gasteiger charge is 2.20. The molecule has 0 aliphatic heterocycles. The van der Waals surface area contributed by atoms with E-state index >= 15 is 0 Å². The quantitative estimate of drug-likeness (QED) is 0.651. The second-order valence-electron chi connectivity index (χ2n) is 7.66. The highest BCUT2D eigenvalue weighted by molar-refractivity contribution is 6.39. The zero-order valence-electron chi connectivity index (χ0n) is 16.7. The maximum Gasteiger partial charge on any atom is 0.313 e. The van der Waals surface area contributed by atoms with Crippen molar-refractivity contribution in [3.63, 3.8) is 0 Å². The van der Waals surface area contributed by atoms with Crippen LogP contribution in [0.5, 0.6) is 0 Å². The number of benzene rings is 1. The summed E-state index contributed by atoms with van der Waals surface area (Å²) >= 11 is 0. The maximum absolute atomic E-state index is 12.2. The highest BCUT2D eigenvalue weighted by atomic mass is 16.3. The van der Waals surface area contributed by atoms with Crippen molar-refractivity contribution in [2.75, 3.05) is 11.9 Å². The molecule has 7 heteroatoms. The van der Waals surface area contributed by atoms with Gasteiger partial charge in [0.1, 0.15) is 5.82 Å². The fourth-order valence-electron chi connectivity index (χ4n) is 3.58. The van der Waals surface area contributed by atoms with E-state index in [2.05, 4.69) is 20.6 Å². The molecular weight excluding hydrogens is 368 g/mol. The van der Waals surface area contributed by atoms with E-state index in [0.29, 0.717) is 18.0 Å². The Morgan fingerprint density at radius 2 is 1.72 bits per heavy atom. The number of rotatable bonds is 6. The lowest BCUT2D eigenvalue weighted by Gasteiger charge is -2.20. The molecule has 3 N–H and O–H groups in total. The summed E-state index contributed by atoms with van der Waals surface area (Å²) in [6.45, 7) is 1.73. The van der Waals surface area contributed by atoms with E-state index in [1.54, 1.807) is 0 Å². The number of amides is 2. The fraction of sp³-hybridized carbons (Fsp3) is 0.455. The molecule has 7 nitrogen and oxygen atoms in total. The minimum Gasteiger partial charge on any atom is -0.394 e.